The van der Waals surface area contributed by atoms with Crippen LogP contribution in [0.2, 0.25) is 0 Å². The van der Waals surface area contributed by atoms with Crippen LogP contribution >= 0.6 is 12.4 Å². The first-order chi connectivity index (χ1) is 5.86. The van der Waals surface area contributed by atoms with Gasteiger partial charge in [0, 0.05) is 25.4 Å². The van der Waals surface area contributed by atoms with Crippen LogP contribution in [-0.2, 0) is 7.05 Å². The van der Waals surface area contributed by atoms with Crippen LogP contribution in [0.5, 0.6) is 0 Å². The van der Waals surface area contributed by atoms with Crippen molar-refractivity contribution in [3.8, 4) is 0 Å². The Morgan fingerprint density at radius 2 is 2.38 bits per heavy atom. The fourth-order valence-corrected chi connectivity index (χ4v) is 1.45. The molecule has 0 radical (unpaired) electrons. The number of hydrogen-bond donors (Lipinski definition) is 1. The van der Waals surface area contributed by atoms with E-state index in [0.717, 1.165) is 19.5 Å². The van der Waals surface area contributed by atoms with Gasteiger partial charge in [0.2, 0.25) is 0 Å². The molecular formula is C9H14ClN3. The average Bonchev–Trinajstić information content (AvgIpc) is 2.54. The van der Waals surface area contributed by atoms with Crippen LogP contribution in [0.1, 0.15) is 12.0 Å². The van der Waals surface area contributed by atoms with Crippen molar-refractivity contribution in [3.63, 3.8) is 0 Å². The number of rotatable bonds is 1. The molecule has 4 heteroatoms. The molecule has 2 heterocycles. The minimum atomic E-state index is 0. The first-order valence-corrected chi connectivity index (χ1v) is 4.25. The zero-order chi connectivity index (χ0) is 8.39. The van der Waals surface area contributed by atoms with Crippen molar-refractivity contribution in [3.05, 3.63) is 24.0 Å². The van der Waals surface area contributed by atoms with Crippen molar-refractivity contribution >= 4 is 18.0 Å². The number of halogens is 1. The Bertz CT molecular complexity index is 304. The van der Waals surface area contributed by atoms with E-state index in [9.17, 15) is 0 Å². The molecule has 0 bridgehead atoms. The van der Waals surface area contributed by atoms with Gasteiger partial charge in [-0.2, -0.15) is 5.10 Å². The number of nitrogens with one attached hydrogen (secondary N) is 1. The van der Waals surface area contributed by atoms with Crippen molar-refractivity contribution in [2.75, 3.05) is 13.1 Å². The summed E-state index contributed by atoms with van der Waals surface area (Å²) in [5.41, 5.74) is 2.61. The van der Waals surface area contributed by atoms with Crippen LogP contribution in [0.15, 0.2) is 18.5 Å². The summed E-state index contributed by atoms with van der Waals surface area (Å²) in [5, 5.41) is 7.48. The van der Waals surface area contributed by atoms with E-state index in [4.69, 9.17) is 0 Å². The molecular weight excluding hydrogens is 186 g/mol. The van der Waals surface area contributed by atoms with Gasteiger partial charge in [0.1, 0.15) is 0 Å². The molecule has 2 rings (SSSR count). The van der Waals surface area contributed by atoms with E-state index in [1.807, 2.05) is 17.9 Å². The van der Waals surface area contributed by atoms with Crippen LogP contribution in [0.25, 0.3) is 5.57 Å². The van der Waals surface area contributed by atoms with Crippen molar-refractivity contribution in [1.29, 1.82) is 0 Å². The topological polar surface area (TPSA) is 29.9 Å². The smallest absolute Gasteiger partial charge is 0.0565 e. The Hall–Kier alpha value is -0.800. The van der Waals surface area contributed by atoms with Gasteiger partial charge in [-0.25, -0.2) is 0 Å². The summed E-state index contributed by atoms with van der Waals surface area (Å²) in [6, 6.07) is 0. The lowest BCUT2D eigenvalue weighted by Gasteiger charge is -2.11. The lowest BCUT2D eigenvalue weighted by atomic mass is 10.1. The molecule has 0 saturated carbocycles. The van der Waals surface area contributed by atoms with E-state index in [0.29, 0.717) is 0 Å². The quantitative estimate of drug-likeness (QED) is 0.737. The Morgan fingerprint density at radius 3 is 2.92 bits per heavy atom. The monoisotopic (exact) mass is 199 g/mol. The highest BCUT2D eigenvalue weighted by Crippen LogP contribution is 2.14. The van der Waals surface area contributed by atoms with Gasteiger partial charge < -0.3 is 5.32 Å². The third-order valence-corrected chi connectivity index (χ3v) is 2.10. The zero-order valence-electron chi connectivity index (χ0n) is 7.66. The molecule has 0 fully saturated rings. The molecule has 0 unspecified atom stereocenters. The summed E-state index contributed by atoms with van der Waals surface area (Å²) in [7, 11) is 1.94. The average molecular weight is 200 g/mol. The lowest BCUT2D eigenvalue weighted by Crippen LogP contribution is -2.21. The molecule has 1 N–H and O–H groups in total. The second-order valence-electron chi connectivity index (χ2n) is 3.10. The maximum absolute atomic E-state index is 4.14. The number of aryl methyl sites for hydroxylation is 1. The van der Waals surface area contributed by atoms with Gasteiger partial charge in [-0.3, -0.25) is 4.68 Å². The van der Waals surface area contributed by atoms with Gasteiger partial charge >= 0.3 is 0 Å². The summed E-state index contributed by atoms with van der Waals surface area (Å²) in [4.78, 5) is 0. The molecule has 0 aliphatic carbocycles. The molecule has 0 spiro atoms. The maximum atomic E-state index is 4.14. The van der Waals surface area contributed by atoms with E-state index < -0.39 is 0 Å². The molecule has 1 aliphatic heterocycles. The number of nitrogens with zero attached hydrogens (tertiary/aromatic N) is 2. The SMILES string of the molecule is Cl.Cn1cc(C2=CCCNC2)cn1. The first-order valence-electron chi connectivity index (χ1n) is 4.25. The Labute approximate surface area is 84.2 Å². The Kier molecular flexibility index (Phi) is 3.51. The summed E-state index contributed by atoms with van der Waals surface area (Å²) in [6.07, 6.45) is 7.38. The molecule has 1 aromatic rings. The summed E-state index contributed by atoms with van der Waals surface area (Å²) in [6.45, 7) is 2.08. The zero-order valence-corrected chi connectivity index (χ0v) is 8.47. The van der Waals surface area contributed by atoms with Crippen LogP contribution in [0.3, 0.4) is 0 Å². The number of hydrogen-bond acceptors (Lipinski definition) is 2. The van der Waals surface area contributed by atoms with Crippen LogP contribution in [-0.4, -0.2) is 22.9 Å². The Balaban J connectivity index is 0.000000845. The van der Waals surface area contributed by atoms with Crippen molar-refractivity contribution < 1.29 is 0 Å². The standard InChI is InChI=1S/C9H13N3.ClH/c1-12-7-9(6-11-12)8-3-2-4-10-5-8;/h3,6-7,10H,2,4-5H2,1H3;1H. The van der Waals surface area contributed by atoms with Crippen LogP contribution < -0.4 is 5.32 Å². The molecule has 1 aliphatic rings. The molecule has 3 nitrogen and oxygen atoms in total. The van der Waals surface area contributed by atoms with Gasteiger partial charge in [-0.05, 0) is 18.5 Å². The molecule has 0 saturated heterocycles. The number of aromatic nitrogens is 2. The highest BCUT2D eigenvalue weighted by Gasteiger charge is 2.06. The largest absolute Gasteiger partial charge is 0.312 e. The predicted molar refractivity (Wildman–Crippen MR) is 55.9 cm³/mol. The van der Waals surface area contributed by atoms with Crippen molar-refractivity contribution in [2.45, 2.75) is 6.42 Å². The summed E-state index contributed by atoms with van der Waals surface area (Å²) < 4.78 is 1.84. The molecule has 13 heavy (non-hydrogen) atoms. The minimum absolute atomic E-state index is 0. The predicted octanol–water partition coefficient (Wildman–Crippen LogP) is 1.22. The van der Waals surface area contributed by atoms with Crippen LogP contribution in [0, 0.1) is 0 Å². The molecule has 0 aromatic carbocycles. The highest BCUT2D eigenvalue weighted by atomic mass is 35.5. The molecule has 72 valence electrons. The molecule has 0 amide bonds. The van der Waals surface area contributed by atoms with Crippen molar-refractivity contribution in [1.82, 2.24) is 15.1 Å². The van der Waals surface area contributed by atoms with Gasteiger partial charge in [0.25, 0.3) is 0 Å². The molecule has 1 aromatic heterocycles. The van der Waals surface area contributed by atoms with Gasteiger partial charge in [0.05, 0.1) is 6.20 Å². The fourth-order valence-electron chi connectivity index (χ4n) is 1.45. The second kappa shape index (κ2) is 4.44. The molecule has 0 atom stereocenters. The van der Waals surface area contributed by atoms with Gasteiger partial charge in [-0.1, -0.05) is 6.08 Å². The highest BCUT2D eigenvalue weighted by molar-refractivity contribution is 5.85. The Morgan fingerprint density at radius 1 is 1.54 bits per heavy atom. The van der Waals surface area contributed by atoms with E-state index in [2.05, 4.69) is 22.7 Å². The van der Waals surface area contributed by atoms with E-state index in [1.54, 1.807) is 0 Å². The minimum Gasteiger partial charge on any atom is -0.312 e. The summed E-state index contributed by atoms with van der Waals surface area (Å²) in [5.74, 6) is 0. The van der Waals surface area contributed by atoms with Gasteiger partial charge in [0.15, 0.2) is 0 Å². The van der Waals surface area contributed by atoms with E-state index >= 15 is 0 Å². The maximum Gasteiger partial charge on any atom is 0.0565 e. The van der Waals surface area contributed by atoms with E-state index in [-0.39, 0.29) is 12.4 Å². The fraction of sp³-hybridized carbons (Fsp3) is 0.444. The van der Waals surface area contributed by atoms with Crippen molar-refractivity contribution in [2.24, 2.45) is 7.05 Å². The lowest BCUT2D eigenvalue weighted by molar-refractivity contribution is 0.738. The van der Waals surface area contributed by atoms with E-state index in [1.165, 1.54) is 11.1 Å². The first kappa shape index (κ1) is 10.3. The summed E-state index contributed by atoms with van der Waals surface area (Å²) >= 11 is 0. The third kappa shape index (κ3) is 2.32. The normalized spacial score (nSPS) is 16.2. The third-order valence-electron chi connectivity index (χ3n) is 2.10. The van der Waals surface area contributed by atoms with Crippen LogP contribution in [0.4, 0.5) is 0 Å². The van der Waals surface area contributed by atoms with Gasteiger partial charge in [-0.15, -0.1) is 12.4 Å². The second-order valence-corrected chi connectivity index (χ2v) is 3.10.